The van der Waals surface area contributed by atoms with Crippen molar-refractivity contribution in [3.05, 3.63) is 54.1 Å². The van der Waals surface area contributed by atoms with E-state index < -0.39 is 0 Å². The molecule has 6 heteroatoms. The van der Waals surface area contributed by atoms with Crippen LogP contribution in [0.5, 0.6) is 0 Å². The van der Waals surface area contributed by atoms with Gasteiger partial charge in [-0.1, -0.05) is 44.3 Å². The average molecular weight is 800 g/mol. The van der Waals surface area contributed by atoms with Crippen LogP contribution >= 0.6 is 7.92 Å². The van der Waals surface area contributed by atoms with E-state index in [1.165, 1.54) is 88.2 Å². The molecule has 0 atom stereocenters. The van der Waals surface area contributed by atoms with Crippen LogP contribution in [0.25, 0.3) is 11.1 Å². The van der Waals surface area contributed by atoms with E-state index in [1.807, 2.05) is 11.0 Å². The Kier molecular flexibility index (Phi) is 8.53. The van der Waals surface area contributed by atoms with E-state index in [0.29, 0.717) is 36.6 Å². The minimum absolute atomic E-state index is 0. The normalized spacial score (nSPS) is 39.2. The van der Waals surface area contributed by atoms with Crippen molar-refractivity contribution in [2.24, 2.45) is 35.5 Å². The third-order valence-corrected chi connectivity index (χ3v) is 16.7. The van der Waals surface area contributed by atoms with Gasteiger partial charge in [0.2, 0.25) is 0 Å². The van der Waals surface area contributed by atoms with Crippen molar-refractivity contribution < 1.29 is 44.3 Å². The molecule has 8 aliphatic carbocycles. The van der Waals surface area contributed by atoms with Crippen LogP contribution in [0, 0.1) is 35.5 Å². The molecule has 11 rings (SSSR count). The molecular formula is C37H46AuClNO2P. The summed E-state index contributed by atoms with van der Waals surface area (Å²) >= 11 is 0. The maximum atomic E-state index is 13.5. The van der Waals surface area contributed by atoms with Gasteiger partial charge in [-0.25, -0.2) is 0 Å². The monoisotopic (exact) mass is 799 g/mol. The fraction of sp³-hybridized carbons (Fsp3) is 0.649. The van der Waals surface area contributed by atoms with Crippen LogP contribution in [0.3, 0.4) is 0 Å². The van der Waals surface area contributed by atoms with Crippen LogP contribution in [-0.2, 0) is 27.1 Å². The molecule has 0 spiro atoms. The number of rotatable bonds is 5. The quantitative estimate of drug-likeness (QED) is 0.320. The summed E-state index contributed by atoms with van der Waals surface area (Å²) in [4.78, 5) is 15.5. The topological polar surface area (TPSA) is 29.5 Å². The summed E-state index contributed by atoms with van der Waals surface area (Å²) in [7, 11) is -0.297. The van der Waals surface area contributed by atoms with Crippen LogP contribution < -0.4 is 17.7 Å². The van der Waals surface area contributed by atoms with Crippen molar-refractivity contribution in [2.45, 2.75) is 87.4 Å². The van der Waals surface area contributed by atoms with E-state index in [0.717, 1.165) is 41.1 Å². The zero-order chi connectivity index (χ0) is 27.2. The molecule has 0 radical (unpaired) electrons. The van der Waals surface area contributed by atoms with Gasteiger partial charge in [-0.05, 0) is 151 Å². The maximum absolute atomic E-state index is 13.5. The van der Waals surface area contributed by atoms with E-state index in [2.05, 4.69) is 42.5 Å². The predicted octanol–water partition coefficient (Wildman–Crippen LogP) is 4.87. The van der Waals surface area contributed by atoms with Crippen LogP contribution in [0.2, 0.25) is 0 Å². The Balaban J connectivity index is 0.00000150. The second kappa shape index (κ2) is 11.8. The Labute approximate surface area is 281 Å². The Bertz CT molecular complexity index is 1240. The second-order valence-corrected chi connectivity index (χ2v) is 18.7. The molecular weight excluding hydrogens is 754 g/mol. The van der Waals surface area contributed by atoms with Crippen LogP contribution in [0.1, 0.15) is 87.4 Å². The summed E-state index contributed by atoms with van der Waals surface area (Å²) in [5, 5.41) is 2.81. The van der Waals surface area contributed by atoms with Gasteiger partial charge in [0.25, 0.3) is 5.91 Å². The molecule has 0 aromatic heterocycles. The minimum Gasteiger partial charge on any atom is -1.00 e. The number of morpholine rings is 1. The first kappa shape index (κ1) is 31.0. The number of halogens is 1. The molecule has 234 valence electrons. The molecule has 2 aromatic rings. The molecule has 9 fully saturated rings. The van der Waals surface area contributed by atoms with E-state index >= 15 is 0 Å². The number of carbonyl (C=O) groups excluding carboxylic acids is 1. The van der Waals surface area contributed by atoms with Gasteiger partial charge in [0.15, 0.2) is 0 Å². The zero-order valence-corrected chi connectivity index (χ0v) is 29.1. The Morgan fingerprint density at radius 3 is 1.70 bits per heavy atom. The van der Waals surface area contributed by atoms with Crippen LogP contribution in [-0.4, -0.2) is 47.4 Å². The Hall–Kier alpha value is -0.670. The summed E-state index contributed by atoms with van der Waals surface area (Å²) in [6.07, 6.45) is 18.2. The van der Waals surface area contributed by atoms with E-state index in [1.54, 1.807) is 5.30 Å². The Morgan fingerprint density at radius 2 is 1.19 bits per heavy atom. The Morgan fingerprint density at radius 1 is 0.698 bits per heavy atom. The third-order valence-electron chi connectivity index (χ3n) is 12.8. The van der Waals surface area contributed by atoms with E-state index in [9.17, 15) is 4.79 Å². The van der Waals surface area contributed by atoms with Crippen molar-refractivity contribution in [1.82, 2.24) is 4.90 Å². The molecule has 1 amide bonds. The summed E-state index contributed by atoms with van der Waals surface area (Å²) in [5.74, 6) is 6.09. The van der Waals surface area contributed by atoms with Crippen molar-refractivity contribution in [1.29, 1.82) is 0 Å². The maximum Gasteiger partial charge on any atom is 1.00 e. The molecule has 3 nitrogen and oxygen atoms in total. The van der Waals surface area contributed by atoms with Crippen molar-refractivity contribution >= 4 is 19.1 Å². The standard InChI is InChI=1S/C37H46NO2P.Au.ClH/c39-35(38-8-10-40-11-9-38)32-5-3-4-31(18-32)33-6-1-2-7-34(33)41(36-19-25-12-26(20-36)14-27(13-25)21-36)37-22-28-15-29(23-37)17-30(16-28)24-37;;/h1-7,18,25-30H,8-17,19-24H2;;1H/q;+1;/p-1. The molecule has 1 saturated heterocycles. The van der Waals surface area contributed by atoms with Gasteiger partial charge >= 0.3 is 22.4 Å². The smallest absolute Gasteiger partial charge is 1.00 e. The largest absolute Gasteiger partial charge is 1.00 e. The van der Waals surface area contributed by atoms with Crippen LogP contribution in [0.15, 0.2) is 48.5 Å². The van der Waals surface area contributed by atoms with Gasteiger partial charge in [0, 0.05) is 18.7 Å². The van der Waals surface area contributed by atoms with Gasteiger partial charge < -0.3 is 22.0 Å². The average Bonchev–Trinajstić information content (AvgIpc) is 2.96. The summed E-state index contributed by atoms with van der Waals surface area (Å²) in [6, 6.07) is 18.3. The van der Waals surface area contributed by atoms with Gasteiger partial charge in [-0.2, -0.15) is 0 Å². The molecule has 0 unspecified atom stereocenters. The number of hydrogen-bond donors (Lipinski definition) is 0. The summed E-state index contributed by atoms with van der Waals surface area (Å²) in [5.41, 5.74) is 3.55. The van der Waals surface area contributed by atoms with Gasteiger partial charge in [0.1, 0.15) is 0 Å². The number of benzene rings is 2. The number of ether oxygens (including phenoxy) is 1. The zero-order valence-electron chi connectivity index (χ0n) is 25.3. The van der Waals surface area contributed by atoms with Crippen molar-refractivity contribution in [3.63, 3.8) is 0 Å². The molecule has 0 N–H and O–H groups in total. The minimum atomic E-state index is -0.297. The number of nitrogens with zero attached hydrogens (tertiary/aromatic N) is 1. The van der Waals surface area contributed by atoms with Crippen LogP contribution in [0.4, 0.5) is 0 Å². The second-order valence-electron chi connectivity index (χ2n) is 15.6. The third kappa shape index (κ3) is 5.25. The van der Waals surface area contributed by atoms with Gasteiger partial charge in [0.05, 0.1) is 13.2 Å². The molecule has 8 saturated carbocycles. The fourth-order valence-electron chi connectivity index (χ4n) is 12.4. The van der Waals surface area contributed by atoms with Crippen molar-refractivity contribution in [3.8, 4) is 11.1 Å². The number of hydrogen-bond acceptors (Lipinski definition) is 2. The molecule has 1 heterocycles. The molecule has 2 aromatic carbocycles. The summed E-state index contributed by atoms with van der Waals surface area (Å²) in [6.45, 7) is 2.69. The summed E-state index contributed by atoms with van der Waals surface area (Å²) < 4.78 is 5.53. The first-order valence-corrected chi connectivity index (χ1v) is 18.3. The van der Waals surface area contributed by atoms with E-state index in [4.69, 9.17) is 4.74 Å². The molecule has 9 aliphatic rings. The fourth-order valence-corrected chi connectivity index (χ4v) is 17.7. The van der Waals surface area contributed by atoms with Gasteiger partial charge in [-0.3, -0.25) is 4.79 Å². The molecule has 43 heavy (non-hydrogen) atoms. The SMILES string of the molecule is O=C(c1cccc(-c2ccccc2P(C23CC4CC(CC(C4)C2)C3)C23CC4CC(CC(C4)C2)C3)c1)N1CCOCC1.[Au+].[Cl-]. The van der Waals surface area contributed by atoms with Gasteiger partial charge in [-0.15, -0.1) is 0 Å². The predicted molar refractivity (Wildman–Crippen MR) is 167 cm³/mol. The first-order chi connectivity index (χ1) is 20.1. The van der Waals surface area contributed by atoms with Crippen molar-refractivity contribution in [2.75, 3.05) is 26.3 Å². The molecule has 1 aliphatic heterocycles. The molecule has 8 bridgehead atoms. The first-order valence-electron chi connectivity index (χ1n) is 16.9. The number of amides is 1. The number of carbonyl (C=O) groups is 1. The van der Waals surface area contributed by atoms with E-state index in [-0.39, 0.29) is 48.6 Å².